The first-order valence-electron chi connectivity index (χ1n) is 3.93. The quantitative estimate of drug-likeness (QED) is 0.324. The summed E-state index contributed by atoms with van der Waals surface area (Å²) in [6, 6.07) is 0. The number of nitrogens with zero attached hydrogens (tertiary/aromatic N) is 1. The van der Waals surface area contributed by atoms with E-state index in [0.29, 0.717) is 0 Å². The average molecular weight is 153 g/mol. The van der Waals surface area contributed by atoms with E-state index in [1.54, 1.807) is 0 Å². The molecule has 2 atom stereocenters. The lowest BCUT2D eigenvalue weighted by atomic mass is 9.95. The summed E-state index contributed by atoms with van der Waals surface area (Å²) in [4.78, 5) is 0. The summed E-state index contributed by atoms with van der Waals surface area (Å²) in [6.45, 7) is 0. The van der Waals surface area contributed by atoms with Gasteiger partial charge in [0, 0.05) is 0 Å². The number of hydrogen-bond donors (Lipinski definition) is 1. The van der Waals surface area contributed by atoms with Crippen molar-refractivity contribution in [1.82, 2.24) is 0 Å². The van der Waals surface area contributed by atoms with Gasteiger partial charge in [0.25, 0.3) is 0 Å². The van der Waals surface area contributed by atoms with E-state index >= 15 is 0 Å². The predicted molar refractivity (Wildman–Crippen MR) is 40.9 cm³/mol. The molecule has 0 aliphatic carbocycles. The maximum Gasteiger partial charge on any atom is 0.103 e. The fourth-order valence-corrected chi connectivity index (χ4v) is 1.61. The first-order chi connectivity index (χ1) is 5.40. The average Bonchev–Trinajstić information content (AvgIpc) is 2.06. The molecule has 1 saturated heterocycles. The molecule has 1 N–H and O–H groups in total. The van der Waals surface area contributed by atoms with E-state index in [4.69, 9.17) is 9.94 Å². The molecule has 0 amide bonds. The second-order valence-electron chi connectivity index (χ2n) is 2.96. The van der Waals surface area contributed by atoms with Crippen LogP contribution in [0.3, 0.4) is 0 Å². The van der Waals surface area contributed by atoms with Crippen LogP contribution in [0.1, 0.15) is 19.3 Å². The van der Waals surface area contributed by atoms with Crippen LogP contribution < -0.4 is 0 Å². The Kier molecular flexibility index (Phi) is 1.66. The van der Waals surface area contributed by atoms with Gasteiger partial charge in [0.15, 0.2) is 0 Å². The van der Waals surface area contributed by atoms with Crippen molar-refractivity contribution in [2.45, 2.75) is 31.5 Å². The molecule has 0 aromatic heterocycles. The minimum atomic E-state index is 0.0451. The van der Waals surface area contributed by atoms with Gasteiger partial charge < -0.3 is 9.94 Å². The Morgan fingerprint density at radius 3 is 3.36 bits per heavy atom. The summed E-state index contributed by atoms with van der Waals surface area (Å²) in [5.74, 6) is 0. The van der Waals surface area contributed by atoms with Crippen LogP contribution in [-0.2, 0) is 4.74 Å². The van der Waals surface area contributed by atoms with Gasteiger partial charge in [0.2, 0.25) is 0 Å². The minimum absolute atomic E-state index is 0.0451. The molecule has 3 heteroatoms. The van der Waals surface area contributed by atoms with E-state index in [1.807, 2.05) is 0 Å². The molecular weight excluding hydrogens is 142 g/mol. The van der Waals surface area contributed by atoms with Gasteiger partial charge in [-0.15, -0.1) is 0 Å². The highest BCUT2D eigenvalue weighted by atomic mass is 16.5. The number of hydrogen-bond acceptors (Lipinski definition) is 3. The van der Waals surface area contributed by atoms with Crippen LogP contribution in [0.25, 0.3) is 0 Å². The lowest BCUT2D eigenvalue weighted by molar-refractivity contribution is 0.0242. The van der Waals surface area contributed by atoms with Crippen molar-refractivity contribution in [2.24, 2.45) is 5.16 Å². The fourth-order valence-electron chi connectivity index (χ4n) is 1.61. The van der Waals surface area contributed by atoms with Crippen LogP contribution in [0, 0.1) is 0 Å². The normalized spacial score (nSPS) is 39.5. The maximum absolute atomic E-state index is 8.59. The number of oxime groups is 1. The van der Waals surface area contributed by atoms with E-state index in [-0.39, 0.29) is 12.2 Å². The van der Waals surface area contributed by atoms with Gasteiger partial charge in [-0.05, 0) is 19.3 Å². The highest BCUT2D eigenvalue weighted by molar-refractivity contribution is 5.89. The second kappa shape index (κ2) is 2.66. The van der Waals surface area contributed by atoms with E-state index in [1.165, 1.54) is 0 Å². The highest BCUT2D eigenvalue weighted by Gasteiger charge is 2.28. The van der Waals surface area contributed by atoms with Crippen molar-refractivity contribution in [3.05, 3.63) is 12.2 Å². The molecule has 2 aliphatic heterocycles. The van der Waals surface area contributed by atoms with Crippen molar-refractivity contribution < 1.29 is 9.94 Å². The Morgan fingerprint density at radius 2 is 2.55 bits per heavy atom. The molecular formula is C8H11NO2. The SMILES string of the molecule is O/N=C1/CCC2C=CCC1O2. The van der Waals surface area contributed by atoms with Crippen molar-refractivity contribution in [3.63, 3.8) is 0 Å². The first kappa shape index (κ1) is 6.85. The Balaban J connectivity index is 2.17. The van der Waals surface area contributed by atoms with Crippen molar-refractivity contribution in [1.29, 1.82) is 0 Å². The zero-order valence-electron chi connectivity index (χ0n) is 6.23. The second-order valence-corrected chi connectivity index (χ2v) is 2.96. The Labute approximate surface area is 65.3 Å². The lowest BCUT2D eigenvalue weighted by Crippen LogP contribution is -2.36. The van der Waals surface area contributed by atoms with Crippen molar-refractivity contribution in [2.75, 3.05) is 0 Å². The molecule has 2 bridgehead atoms. The van der Waals surface area contributed by atoms with Gasteiger partial charge in [-0.1, -0.05) is 17.3 Å². The standard InChI is InChI=1S/C8H11NO2/c10-9-7-5-4-6-2-1-3-8(7)11-6/h1-2,6,8,10H,3-5H2/b9-7-. The van der Waals surface area contributed by atoms with Gasteiger partial charge in [0.05, 0.1) is 11.8 Å². The third-order valence-corrected chi connectivity index (χ3v) is 2.23. The van der Waals surface area contributed by atoms with Crippen LogP contribution in [-0.4, -0.2) is 23.1 Å². The molecule has 3 nitrogen and oxygen atoms in total. The number of rotatable bonds is 0. The molecule has 2 unspecified atom stereocenters. The zero-order valence-corrected chi connectivity index (χ0v) is 6.23. The van der Waals surface area contributed by atoms with Crippen LogP contribution in [0.15, 0.2) is 17.3 Å². The number of fused-ring (bicyclic) bond motifs is 2. The summed E-state index contributed by atoms with van der Waals surface area (Å²) in [6.07, 6.45) is 7.18. The van der Waals surface area contributed by atoms with E-state index < -0.39 is 0 Å². The minimum Gasteiger partial charge on any atom is -0.411 e. The van der Waals surface area contributed by atoms with Gasteiger partial charge >= 0.3 is 0 Å². The van der Waals surface area contributed by atoms with Gasteiger partial charge in [-0.2, -0.15) is 0 Å². The van der Waals surface area contributed by atoms with E-state index in [0.717, 1.165) is 25.0 Å². The Morgan fingerprint density at radius 1 is 1.64 bits per heavy atom. The molecule has 60 valence electrons. The molecule has 2 aliphatic rings. The van der Waals surface area contributed by atoms with Gasteiger partial charge in [-0.3, -0.25) is 0 Å². The highest BCUT2D eigenvalue weighted by Crippen LogP contribution is 2.24. The third kappa shape index (κ3) is 1.16. The van der Waals surface area contributed by atoms with Crippen LogP contribution in [0.2, 0.25) is 0 Å². The summed E-state index contributed by atoms with van der Waals surface area (Å²) in [7, 11) is 0. The van der Waals surface area contributed by atoms with Crippen molar-refractivity contribution >= 4 is 5.71 Å². The van der Waals surface area contributed by atoms with Crippen LogP contribution in [0.4, 0.5) is 0 Å². The molecule has 2 heterocycles. The molecule has 0 saturated carbocycles. The topological polar surface area (TPSA) is 41.8 Å². The smallest absolute Gasteiger partial charge is 0.103 e. The third-order valence-electron chi connectivity index (χ3n) is 2.23. The molecule has 2 rings (SSSR count). The van der Waals surface area contributed by atoms with E-state index in [9.17, 15) is 0 Å². The monoisotopic (exact) mass is 153 g/mol. The van der Waals surface area contributed by atoms with E-state index in [2.05, 4.69) is 17.3 Å². The molecule has 1 fully saturated rings. The molecule has 0 aromatic carbocycles. The maximum atomic E-state index is 8.59. The number of ether oxygens (including phenoxy) is 1. The van der Waals surface area contributed by atoms with Gasteiger partial charge in [0.1, 0.15) is 6.10 Å². The predicted octanol–water partition coefficient (Wildman–Crippen LogP) is 1.32. The first-order valence-corrected chi connectivity index (χ1v) is 3.93. The molecule has 0 aromatic rings. The molecule has 11 heavy (non-hydrogen) atoms. The Hall–Kier alpha value is -0.830. The van der Waals surface area contributed by atoms with Crippen molar-refractivity contribution in [3.8, 4) is 0 Å². The summed E-state index contributed by atoms with van der Waals surface area (Å²) in [5, 5.41) is 11.8. The Bertz CT molecular complexity index is 210. The fraction of sp³-hybridized carbons (Fsp3) is 0.625. The summed E-state index contributed by atoms with van der Waals surface area (Å²) < 4.78 is 5.55. The molecule has 0 spiro atoms. The largest absolute Gasteiger partial charge is 0.411 e. The summed E-state index contributed by atoms with van der Waals surface area (Å²) in [5.41, 5.74) is 0.797. The van der Waals surface area contributed by atoms with Crippen LogP contribution in [0.5, 0.6) is 0 Å². The van der Waals surface area contributed by atoms with Crippen LogP contribution >= 0.6 is 0 Å². The summed E-state index contributed by atoms with van der Waals surface area (Å²) >= 11 is 0. The lowest BCUT2D eigenvalue weighted by Gasteiger charge is -2.31. The van der Waals surface area contributed by atoms with Gasteiger partial charge in [-0.25, -0.2) is 0 Å². The molecule has 0 radical (unpaired) electrons. The zero-order chi connectivity index (χ0) is 7.68.